The summed E-state index contributed by atoms with van der Waals surface area (Å²) in [6.45, 7) is 5.12. The number of aryl methyl sites for hydroxylation is 1. The molecule has 7 heteroatoms. The first-order chi connectivity index (χ1) is 9.73. The third-order valence-corrected chi connectivity index (χ3v) is 3.20. The van der Waals surface area contributed by atoms with E-state index in [2.05, 4.69) is 5.32 Å². The van der Waals surface area contributed by atoms with Crippen molar-refractivity contribution in [3.05, 3.63) is 39.4 Å². The molecule has 2 N–H and O–H groups in total. The maximum Gasteiger partial charge on any atom is 0.308 e. The van der Waals surface area contributed by atoms with Crippen LogP contribution < -0.4 is 5.32 Å². The van der Waals surface area contributed by atoms with Crippen molar-refractivity contribution in [1.29, 1.82) is 0 Å². The molecule has 0 aliphatic carbocycles. The summed E-state index contributed by atoms with van der Waals surface area (Å²) in [5, 5.41) is 22.4. The van der Waals surface area contributed by atoms with Gasteiger partial charge in [-0.25, -0.2) is 0 Å². The summed E-state index contributed by atoms with van der Waals surface area (Å²) < 4.78 is 0. The van der Waals surface area contributed by atoms with Gasteiger partial charge in [-0.15, -0.1) is 0 Å². The number of carbonyl (C=O) groups is 2. The molecular formula is C14H18N2O5. The van der Waals surface area contributed by atoms with Crippen LogP contribution in [-0.2, 0) is 4.79 Å². The van der Waals surface area contributed by atoms with E-state index < -0.39 is 22.7 Å². The normalized spacial score (nSPS) is 12.0. The maximum atomic E-state index is 12.1. The Morgan fingerprint density at radius 1 is 1.38 bits per heavy atom. The van der Waals surface area contributed by atoms with Crippen LogP contribution in [0.5, 0.6) is 0 Å². The summed E-state index contributed by atoms with van der Waals surface area (Å²) in [5.41, 5.74) is 0.354. The molecule has 0 aliphatic rings. The number of aliphatic carboxylic acids is 1. The van der Waals surface area contributed by atoms with E-state index in [0.29, 0.717) is 5.56 Å². The quantitative estimate of drug-likeness (QED) is 0.616. The third kappa shape index (κ3) is 4.27. The summed E-state index contributed by atoms with van der Waals surface area (Å²) >= 11 is 0. The highest BCUT2D eigenvalue weighted by Crippen LogP contribution is 2.20. The van der Waals surface area contributed by atoms with Crippen LogP contribution in [0.4, 0.5) is 5.69 Å². The van der Waals surface area contributed by atoms with Gasteiger partial charge in [0, 0.05) is 12.6 Å². The van der Waals surface area contributed by atoms with Gasteiger partial charge in [-0.1, -0.05) is 19.9 Å². The minimum Gasteiger partial charge on any atom is -0.481 e. The molecule has 0 fully saturated rings. The molecule has 0 aliphatic heterocycles. The van der Waals surface area contributed by atoms with Gasteiger partial charge >= 0.3 is 5.97 Å². The van der Waals surface area contributed by atoms with Gasteiger partial charge in [0.25, 0.3) is 11.6 Å². The van der Waals surface area contributed by atoms with Crippen LogP contribution >= 0.6 is 0 Å². The summed E-state index contributed by atoms with van der Waals surface area (Å²) in [5.74, 6) is -2.55. The number of hydrogen-bond acceptors (Lipinski definition) is 4. The number of carbonyl (C=O) groups excluding carboxylic acids is 1. The molecule has 0 saturated heterocycles. The van der Waals surface area contributed by atoms with Gasteiger partial charge in [0.2, 0.25) is 0 Å². The van der Waals surface area contributed by atoms with Gasteiger partial charge in [-0.3, -0.25) is 19.7 Å². The zero-order valence-corrected chi connectivity index (χ0v) is 12.1. The lowest BCUT2D eigenvalue weighted by Gasteiger charge is -2.16. The Kier molecular flexibility index (Phi) is 5.40. The molecule has 1 aromatic rings. The fourth-order valence-corrected chi connectivity index (χ4v) is 1.90. The number of nitrogens with zero attached hydrogens (tertiary/aromatic N) is 1. The van der Waals surface area contributed by atoms with Crippen molar-refractivity contribution < 1.29 is 19.6 Å². The molecule has 0 saturated carbocycles. The molecule has 0 spiro atoms. The predicted octanol–water partition coefficient (Wildman–Crippen LogP) is 1.99. The van der Waals surface area contributed by atoms with E-state index in [4.69, 9.17) is 5.11 Å². The average molecular weight is 294 g/mol. The number of carboxylic acid groups (broad SMARTS) is 1. The standard InChI is InChI=1S/C14H18N2O5/c1-8(2)11(14(18)19)7-15-13(17)10-6-9(3)4-5-12(10)16(20)21/h4-6,8,11H,7H2,1-3H3,(H,15,17)(H,18,19). The Balaban J connectivity index is 2.92. The Bertz CT molecular complexity index is 568. The molecule has 7 nitrogen and oxygen atoms in total. The number of rotatable bonds is 6. The first kappa shape index (κ1) is 16.6. The lowest BCUT2D eigenvalue weighted by atomic mass is 9.96. The Morgan fingerprint density at radius 2 is 2.00 bits per heavy atom. The van der Waals surface area contributed by atoms with E-state index in [1.165, 1.54) is 12.1 Å². The van der Waals surface area contributed by atoms with E-state index in [1.54, 1.807) is 26.8 Å². The molecule has 114 valence electrons. The molecule has 1 aromatic carbocycles. The zero-order valence-electron chi connectivity index (χ0n) is 12.1. The fourth-order valence-electron chi connectivity index (χ4n) is 1.90. The van der Waals surface area contributed by atoms with Crippen LogP contribution in [0.15, 0.2) is 18.2 Å². The molecule has 0 radical (unpaired) electrons. The number of nitro benzene ring substituents is 1. The average Bonchev–Trinajstić information content (AvgIpc) is 2.37. The number of hydrogen-bond donors (Lipinski definition) is 2. The molecular weight excluding hydrogens is 276 g/mol. The van der Waals surface area contributed by atoms with Crippen LogP contribution in [0, 0.1) is 28.9 Å². The monoisotopic (exact) mass is 294 g/mol. The first-order valence-corrected chi connectivity index (χ1v) is 6.50. The largest absolute Gasteiger partial charge is 0.481 e. The molecule has 0 aromatic heterocycles. The number of amides is 1. The van der Waals surface area contributed by atoms with Crippen LogP contribution in [-0.4, -0.2) is 28.5 Å². The van der Waals surface area contributed by atoms with Crippen molar-refractivity contribution in [2.45, 2.75) is 20.8 Å². The predicted molar refractivity (Wildman–Crippen MR) is 76.1 cm³/mol. The summed E-state index contributed by atoms with van der Waals surface area (Å²) in [6, 6.07) is 4.23. The minimum atomic E-state index is -1.01. The maximum absolute atomic E-state index is 12.1. The molecule has 21 heavy (non-hydrogen) atoms. The van der Waals surface area contributed by atoms with Gasteiger partial charge in [-0.05, 0) is 24.5 Å². The summed E-state index contributed by atoms with van der Waals surface area (Å²) in [7, 11) is 0. The van der Waals surface area contributed by atoms with Gasteiger partial charge in [0.1, 0.15) is 5.56 Å². The fraction of sp³-hybridized carbons (Fsp3) is 0.429. The Hall–Kier alpha value is -2.44. The highest BCUT2D eigenvalue weighted by molar-refractivity contribution is 5.98. The lowest BCUT2D eigenvalue weighted by Crippen LogP contribution is -2.35. The molecule has 1 unspecified atom stereocenters. The van der Waals surface area contributed by atoms with Crippen LogP contribution in [0.2, 0.25) is 0 Å². The van der Waals surface area contributed by atoms with Gasteiger partial charge in [0.05, 0.1) is 10.8 Å². The van der Waals surface area contributed by atoms with Crippen molar-refractivity contribution in [1.82, 2.24) is 5.32 Å². The second kappa shape index (κ2) is 6.83. The van der Waals surface area contributed by atoms with E-state index in [9.17, 15) is 19.7 Å². The van der Waals surface area contributed by atoms with E-state index in [1.807, 2.05) is 0 Å². The van der Waals surface area contributed by atoms with E-state index >= 15 is 0 Å². The number of nitro groups is 1. The molecule has 1 rings (SSSR count). The molecule has 1 atom stereocenters. The van der Waals surface area contributed by atoms with Gasteiger partial charge < -0.3 is 10.4 Å². The smallest absolute Gasteiger partial charge is 0.308 e. The first-order valence-electron chi connectivity index (χ1n) is 6.50. The van der Waals surface area contributed by atoms with Gasteiger partial charge in [0.15, 0.2) is 0 Å². The summed E-state index contributed by atoms with van der Waals surface area (Å²) in [6.07, 6.45) is 0. The second-order valence-corrected chi connectivity index (χ2v) is 5.18. The molecule has 1 amide bonds. The number of benzene rings is 1. The topological polar surface area (TPSA) is 110 Å². The molecule has 0 heterocycles. The Labute approximate surface area is 122 Å². The van der Waals surface area contributed by atoms with Crippen LogP contribution in [0.3, 0.4) is 0 Å². The number of nitrogens with one attached hydrogen (secondary N) is 1. The Morgan fingerprint density at radius 3 is 2.48 bits per heavy atom. The highest BCUT2D eigenvalue weighted by atomic mass is 16.6. The zero-order chi connectivity index (χ0) is 16.2. The van der Waals surface area contributed by atoms with Crippen molar-refractivity contribution in [3.8, 4) is 0 Å². The second-order valence-electron chi connectivity index (χ2n) is 5.18. The number of carboxylic acids is 1. The molecule has 0 bridgehead atoms. The van der Waals surface area contributed by atoms with E-state index in [0.717, 1.165) is 0 Å². The third-order valence-electron chi connectivity index (χ3n) is 3.20. The van der Waals surface area contributed by atoms with Crippen LogP contribution in [0.25, 0.3) is 0 Å². The SMILES string of the molecule is Cc1ccc([N+](=O)[O-])c(C(=O)NCC(C(=O)O)C(C)C)c1. The van der Waals surface area contributed by atoms with Crippen molar-refractivity contribution in [2.24, 2.45) is 11.8 Å². The highest BCUT2D eigenvalue weighted by Gasteiger charge is 2.24. The van der Waals surface area contributed by atoms with Crippen molar-refractivity contribution in [3.63, 3.8) is 0 Å². The van der Waals surface area contributed by atoms with Crippen molar-refractivity contribution >= 4 is 17.6 Å². The van der Waals surface area contributed by atoms with Crippen molar-refractivity contribution in [2.75, 3.05) is 6.54 Å². The van der Waals surface area contributed by atoms with Gasteiger partial charge in [-0.2, -0.15) is 0 Å². The lowest BCUT2D eigenvalue weighted by molar-refractivity contribution is -0.385. The van der Waals surface area contributed by atoms with E-state index in [-0.39, 0.29) is 23.7 Å². The van der Waals surface area contributed by atoms with Crippen LogP contribution in [0.1, 0.15) is 29.8 Å². The minimum absolute atomic E-state index is 0.0621. The summed E-state index contributed by atoms with van der Waals surface area (Å²) in [4.78, 5) is 33.4.